The molecule has 1 fully saturated rings. The molecule has 0 N–H and O–H groups in total. The Morgan fingerprint density at radius 1 is 1.20 bits per heavy atom. The molecule has 0 amide bonds. The smallest absolute Gasteiger partial charge is 0.0892 e. The predicted molar refractivity (Wildman–Crippen MR) is 42.7 cm³/mol. The third-order valence-electron chi connectivity index (χ3n) is 1.92. The molecule has 2 heteroatoms. The molecular weight excluding hydrogens is 124 g/mol. The van der Waals surface area contributed by atoms with Gasteiger partial charge >= 0.3 is 0 Å². The summed E-state index contributed by atoms with van der Waals surface area (Å²) in [7, 11) is 1.71. The van der Waals surface area contributed by atoms with E-state index in [9.17, 15) is 0 Å². The zero-order valence-corrected chi connectivity index (χ0v) is 6.51. The summed E-state index contributed by atoms with van der Waals surface area (Å²) in [4.78, 5) is 7.90. The molecule has 10 heavy (non-hydrogen) atoms. The van der Waals surface area contributed by atoms with Crippen molar-refractivity contribution in [2.45, 2.75) is 38.1 Å². The molecule has 1 saturated carbocycles. The Balaban J connectivity index is 2.32. The molecule has 2 nitrogen and oxygen atoms in total. The van der Waals surface area contributed by atoms with Gasteiger partial charge < -0.3 is 0 Å². The van der Waals surface area contributed by atoms with Crippen LogP contribution in [0.15, 0.2) is 9.98 Å². The Kier molecular flexibility index (Phi) is 3.17. The average Bonchev–Trinajstić information content (AvgIpc) is 2.03. The van der Waals surface area contributed by atoms with Crippen LogP contribution in [0.5, 0.6) is 0 Å². The summed E-state index contributed by atoms with van der Waals surface area (Å²) in [6, 6.07) is 3.19. The zero-order chi connectivity index (χ0) is 7.23. The molecule has 1 rings (SSSR count). The third kappa shape index (κ3) is 2.32. The zero-order valence-electron chi connectivity index (χ0n) is 6.51. The molecule has 0 aromatic heterocycles. The van der Waals surface area contributed by atoms with Crippen LogP contribution in [0.3, 0.4) is 0 Å². The lowest BCUT2D eigenvalue weighted by atomic mass is 9.96. The Bertz CT molecular complexity index is 139. The first-order valence-corrected chi connectivity index (χ1v) is 3.97. The standard InChI is InChI=1S/C8H14N2/c1-9-7-10-8-5-3-2-4-6-8/h8H,2-6H2,1H3. The van der Waals surface area contributed by atoms with Crippen LogP contribution in [0.2, 0.25) is 0 Å². The maximum atomic E-state index is 4.19. The fourth-order valence-electron chi connectivity index (χ4n) is 1.35. The summed E-state index contributed by atoms with van der Waals surface area (Å²) >= 11 is 0. The van der Waals surface area contributed by atoms with Crippen molar-refractivity contribution in [3.8, 4) is 0 Å². The summed E-state index contributed by atoms with van der Waals surface area (Å²) in [6.07, 6.45) is 6.53. The predicted octanol–water partition coefficient (Wildman–Crippen LogP) is 2.12. The molecule has 1 aliphatic carbocycles. The van der Waals surface area contributed by atoms with Gasteiger partial charge in [-0.15, -0.1) is 0 Å². The van der Waals surface area contributed by atoms with Crippen LogP contribution in [0.25, 0.3) is 0 Å². The van der Waals surface area contributed by atoms with Gasteiger partial charge in [-0.05, 0) is 12.8 Å². The van der Waals surface area contributed by atoms with Gasteiger partial charge in [-0.3, -0.25) is 0 Å². The maximum absolute atomic E-state index is 4.19. The summed E-state index contributed by atoms with van der Waals surface area (Å²) in [5.74, 6) is 0. The number of rotatable bonds is 1. The highest BCUT2D eigenvalue weighted by Gasteiger charge is 2.10. The molecule has 0 saturated heterocycles. The van der Waals surface area contributed by atoms with E-state index in [2.05, 4.69) is 16.0 Å². The first-order chi connectivity index (χ1) is 4.93. The molecular formula is C8H14N2. The molecule has 0 bridgehead atoms. The Labute approximate surface area is 62.1 Å². The number of hydrogen-bond acceptors (Lipinski definition) is 2. The van der Waals surface area contributed by atoms with Crippen LogP contribution >= 0.6 is 0 Å². The highest BCUT2D eigenvalue weighted by molar-refractivity contribution is 5.41. The van der Waals surface area contributed by atoms with Gasteiger partial charge in [0.2, 0.25) is 0 Å². The Hall–Kier alpha value is -0.620. The molecule has 0 heterocycles. The van der Waals surface area contributed by atoms with E-state index in [0.717, 1.165) is 0 Å². The monoisotopic (exact) mass is 138 g/mol. The van der Waals surface area contributed by atoms with E-state index >= 15 is 0 Å². The molecule has 0 aromatic carbocycles. The summed E-state index contributed by atoms with van der Waals surface area (Å²) in [6.45, 7) is 0. The van der Waals surface area contributed by atoms with Crippen LogP contribution in [0.1, 0.15) is 32.1 Å². The minimum atomic E-state index is 0.525. The van der Waals surface area contributed by atoms with Crippen LogP contribution in [0, 0.1) is 0 Å². The SMILES string of the molecule is CN=C=NC1CCCCC1. The molecule has 0 spiro atoms. The van der Waals surface area contributed by atoms with E-state index in [1.54, 1.807) is 7.05 Å². The fourth-order valence-corrected chi connectivity index (χ4v) is 1.35. The van der Waals surface area contributed by atoms with Crippen LogP contribution in [-0.2, 0) is 0 Å². The van der Waals surface area contributed by atoms with Gasteiger partial charge in [-0.25, -0.2) is 9.98 Å². The lowest BCUT2D eigenvalue weighted by molar-refractivity contribution is 0.444. The van der Waals surface area contributed by atoms with Crippen molar-refractivity contribution < 1.29 is 0 Å². The van der Waals surface area contributed by atoms with Crippen LogP contribution < -0.4 is 0 Å². The summed E-state index contributed by atoms with van der Waals surface area (Å²) in [5, 5.41) is 0. The maximum Gasteiger partial charge on any atom is 0.0892 e. The fraction of sp³-hybridized carbons (Fsp3) is 0.875. The number of hydrogen-bond donors (Lipinski definition) is 0. The van der Waals surface area contributed by atoms with Gasteiger partial charge in [-0.2, -0.15) is 0 Å². The molecule has 0 unspecified atom stereocenters. The van der Waals surface area contributed by atoms with Gasteiger partial charge in [0.25, 0.3) is 0 Å². The van der Waals surface area contributed by atoms with E-state index in [1.807, 2.05) is 0 Å². The van der Waals surface area contributed by atoms with Crippen molar-refractivity contribution in [2.24, 2.45) is 9.98 Å². The lowest BCUT2D eigenvalue weighted by Gasteiger charge is -2.15. The van der Waals surface area contributed by atoms with Gasteiger partial charge in [0.15, 0.2) is 0 Å². The van der Waals surface area contributed by atoms with E-state index in [-0.39, 0.29) is 0 Å². The molecule has 0 atom stereocenters. The van der Waals surface area contributed by atoms with Gasteiger partial charge in [-0.1, -0.05) is 19.3 Å². The van der Waals surface area contributed by atoms with Crippen molar-refractivity contribution >= 4 is 6.01 Å². The number of aliphatic imine (C=N–C) groups is 2. The Morgan fingerprint density at radius 3 is 2.50 bits per heavy atom. The minimum absolute atomic E-state index is 0.525. The second-order valence-electron chi connectivity index (χ2n) is 2.74. The third-order valence-corrected chi connectivity index (χ3v) is 1.92. The van der Waals surface area contributed by atoms with Gasteiger partial charge in [0, 0.05) is 7.05 Å². The first-order valence-electron chi connectivity index (χ1n) is 3.97. The quantitative estimate of drug-likeness (QED) is 0.496. The molecule has 1 aliphatic rings. The second-order valence-corrected chi connectivity index (χ2v) is 2.74. The first kappa shape index (κ1) is 7.49. The molecule has 56 valence electrons. The van der Waals surface area contributed by atoms with Crippen LogP contribution in [-0.4, -0.2) is 19.1 Å². The van der Waals surface area contributed by atoms with Crippen molar-refractivity contribution in [1.82, 2.24) is 0 Å². The second kappa shape index (κ2) is 4.24. The highest BCUT2D eigenvalue weighted by Crippen LogP contribution is 2.19. The van der Waals surface area contributed by atoms with Gasteiger partial charge in [0.05, 0.1) is 12.1 Å². The van der Waals surface area contributed by atoms with Crippen LogP contribution in [0.4, 0.5) is 0 Å². The minimum Gasteiger partial charge on any atom is -0.229 e. The van der Waals surface area contributed by atoms with E-state index in [4.69, 9.17) is 0 Å². The Morgan fingerprint density at radius 2 is 1.90 bits per heavy atom. The topological polar surface area (TPSA) is 24.7 Å². The average molecular weight is 138 g/mol. The normalized spacial score (nSPS) is 19.7. The molecule has 0 aliphatic heterocycles. The lowest BCUT2D eigenvalue weighted by Crippen LogP contribution is -2.08. The summed E-state index contributed by atoms with van der Waals surface area (Å²) < 4.78 is 0. The van der Waals surface area contributed by atoms with Crippen molar-refractivity contribution in [1.29, 1.82) is 0 Å². The van der Waals surface area contributed by atoms with Crippen molar-refractivity contribution in [3.63, 3.8) is 0 Å². The van der Waals surface area contributed by atoms with Crippen molar-refractivity contribution in [2.75, 3.05) is 7.05 Å². The van der Waals surface area contributed by atoms with E-state index in [0.29, 0.717) is 6.04 Å². The molecule has 0 aromatic rings. The number of nitrogens with zero attached hydrogens (tertiary/aromatic N) is 2. The van der Waals surface area contributed by atoms with E-state index < -0.39 is 0 Å². The highest BCUT2D eigenvalue weighted by atomic mass is 14.8. The largest absolute Gasteiger partial charge is 0.229 e. The summed E-state index contributed by atoms with van der Waals surface area (Å²) in [5.41, 5.74) is 0. The van der Waals surface area contributed by atoms with E-state index in [1.165, 1.54) is 32.1 Å². The molecule has 0 radical (unpaired) electrons. The van der Waals surface area contributed by atoms with Gasteiger partial charge in [0.1, 0.15) is 0 Å². The van der Waals surface area contributed by atoms with Crippen molar-refractivity contribution in [3.05, 3.63) is 0 Å².